The molecule has 190 valence electrons. The molecule has 2 aliphatic heterocycles. The highest BCUT2D eigenvalue weighted by Gasteiger charge is 2.63. The van der Waals surface area contributed by atoms with Gasteiger partial charge >= 0.3 is 0 Å². The normalized spacial score (nSPS) is 41.8. The smallest absolute Gasteiger partial charge is 0.239 e. The Balaban J connectivity index is 1.53. The van der Waals surface area contributed by atoms with Gasteiger partial charge in [-0.25, -0.2) is 0 Å². The summed E-state index contributed by atoms with van der Waals surface area (Å²) in [6.07, 6.45) is -4.14. The Morgan fingerprint density at radius 3 is 2.50 bits per heavy atom. The second-order valence-corrected chi connectivity index (χ2v) is 9.46. The Hall–Kier alpha value is -1.79. The number of methoxy groups -OCH3 is 1. The van der Waals surface area contributed by atoms with Crippen LogP contribution < -0.4 is 15.4 Å². The van der Waals surface area contributed by atoms with Crippen molar-refractivity contribution in [3.8, 4) is 5.75 Å². The van der Waals surface area contributed by atoms with E-state index < -0.39 is 54.5 Å². The lowest BCUT2D eigenvalue weighted by atomic mass is 9.74. The molecule has 1 aliphatic carbocycles. The molecule has 0 aromatic heterocycles. The lowest BCUT2D eigenvalue weighted by Crippen LogP contribution is -2.77. The minimum absolute atomic E-state index is 0.109. The average molecular weight is 481 g/mol. The maximum absolute atomic E-state index is 12.9. The number of likely N-dealkylation sites (N-methyl/N-ethyl adjacent to an activating group) is 1. The van der Waals surface area contributed by atoms with Crippen molar-refractivity contribution in [3.63, 3.8) is 0 Å². The lowest BCUT2D eigenvalue weighted by molar-refractivity contribution is -0.450. The van der Waals surface area contributed by atoms with Crippen LogP contribution in [0.3, 0.4) is 0 Å². The van der Waals surface area contributed by atoms with Gasteiger partial charge in [0, 0.05) is 5.92 Å². The highest BCUT2D eigenvalue weighted by atomic mass is 16.8. The molecule has 3 aliphatic rings. The third-order valence-electron chi connectivity index (χ3n) is 7.29. The maximum atomic E-state index is 12.9. The van der Waals surface area contributed by atoms with Gasteiger partial charge in [0.15, 0.2) is 0 Å². The molecule has 10 atom stereocenters. The van der Waals surface area contributed by atoms with Gasteiger partial charge in [-0.15, -0.1) is 0 Å². The van der Waals surface area contributed by atoms with Gasteiger partial charge in [0.2, 0.25) is 18.0 Å². The molecule has 1 aromatic carbocycles. The summed E-state index contributed by atoms with van der Waals surface area (Å²) in [5.41, 5.74) is 0.794. The number of rotatable bonds is 6. The van der Waals surface area contributed by atoms with E-state index in [9.17, 15) is 20.1 Å². The molecule has 4 rings (SSSR count). The molecular formula is C24H36N2O8. The molecule has 34 heavy (non-hydrogen) atoms. The zero-order valence-electron chi connectivity index (χ0n) is 20.0. The summed E-state index contributed by atoms with van der Waals surface area (Å²) < 4.78 is 23.2. The van der Waals surface area contributed by atoms with Gasteiger partial charge in [0.05, 0.1) is 43.9 Å². The quantitative estimate of drug-likeness (QED) is 0.371. The Kier molecular flexibility index (Phi) is 7.49. The van der Waals surface area contributed by atoms with E-state index in [1.165, 1.54) is 0 Å². The van der Waals surface area contributed by atoms with Crippen molar-refractivity contribution in [2.75, 3.05) is 14.2 Å². The first-order valence-electron chi connectivity index (χ1n) is 11.9. The number of hydrogen-bond acceptors (Lipinski definition) is 9. The van der Waals surface area contributed by atoms with Gasteiger partial charge in [-0.1, -0.05) is 19.1 Å². The summed E-state index contributed by atoms with van der Waals surface area (Å²) in [6.45, 7) is 3.71. The summed E-state index contributed by atoms with van der Waals surface area (Å²) in [5.74, 6) is -2.00. The molecule has 0 spiro atoms. The van der Waals surface area contributed by atoms with Crippen LogP contribution in [0.25, 0.3) is 0 Å². The highest BCUT2D eigenvalue weighted by Crippen LogP contribution is 2.43. The van der Waals surface area contributed by atoms with Crippen LogP contribution in [0, 0.1) is 5.92 Å². The van der Waals surface area contributed by atoms with Gasteiger partial charge < -0.3 is 44.9 Å². The number of fused-ring (bicyclic) bond motifs is 2. The van der Waals surface area contributed by atoms with E-state index in [0.717, 1.165) is 5.56 Å². The van der Waals surface area contributed by atoms with Gasteiger partial charge in [0.1, 0.15) is 18.0 Å². The number of ether oxygens (including phenoxy) is 4. The summed E-state index contributed by atoms with van der Waals surface area (Å²) >= 11 is 0. The first-order valence-corrected chi connectivity index (χ1v) is 11.9. The Bertz CT molecular complexity index is 854. The summed E-state index contributed by atoms with van der Waals surface area (Å²) in [5, 5.41) is 39.2. The van der Waals surface area contributed by atoms with Crippen LogP contribution in [0.2, 0.25) is 0 Å². The molecule has 1 aromatic rings. The topological polar surface area (TPSA) is 139 Å². The van der Waals surface area contributed by atoms with E-state index >= 15 is 0 Å². The summed E-state index contributed by atoms with van der Waals surface area (Å²) in [6, 6.07) is 5.77. The van der Waals surface area contributed by atoms with Crippen molar-refractivity contribution >= 4 is 5.91 Å². The van der Waals surface area contributed by atoms with Gasteiger partial charge in [0.25, 0.3) is 0 Å². The molecule has 10 heteroatoms. The number of aliphatic hydroxyl groups excluding tert-OH is 2. The maximum Gasteiger partial charge on any atom is 0.239 e. The highest BCUT2D eigenvalue weighted by molar-refractivity contribution is 5.79. The fourth-order valence-electron chi connectivity index (χ4n) is 5.41. The second-order valence-electron chi connectivity index (χ2n) is 9.46. The second kappa shape index (κ2) is 10.1. The molecular weight excluding hydrogens is 444 g/mol. The summed E-state index contributed by atoms with van der Waals surface area (Å²) in [4.78, 5) is 12.9. The van der Waals surface area contributed by atoms with E-state index in [2.05, 4.69) is 10.6 Å². The molecule has 0 bridgehead atoms. The van der Waals surface area contributed by atoms with Crippen molar-refractivity contribution in [2.45, 2.75) is 87.8 Å². The number of aliphatic hydroxyl groups is 3. The molecule has 3 unspecified atom stereocenters. The molecule has 2 saturated heterocycles. The number of carbonyl (C=O) groups is 1. The van der Waals surface area contributed by atoms with Crippen LogP contribution in [0.4, 0.5) is 0 Å². The molecule has 0 radical (unpaired) electrons. The van der Waals surface area contributed by atoms with Crippen LogP contribution >= 0.6 is 0 Å². The lowest BCUT2D eigenvalue weighted by Gasteiger charge is -2.58. The molecule has 1 amide bonds. The van der Waals surface area contributed by atoms with Gasteiger partial charge in [-0.2, -0.15) is 0 Å². The fourth-order valence-corrected chi connectivity index (χ4v) is 5.41. The van der Waals surface area contributed by atoms with Crippen LogP contribution in [0.15, 0.2) is 24.3 Å². The fraction of sp³-hybridized carbons (Fsp3) is 0.708. The number of benzene rings is 1. The zero-order chi connectivity index (χ0) is 24.6. The third kappa shape index (κ3) is 4.56. The third-order valence-corrected chi connectivity index (χ3v) is 7.29. The Morgan fingerprint density at radius 2 is 1.88 bits per heavy atom. The SMILES string of the molecule is CC[C@@H]1[C@H](O)[C@H](NC)C2O[C@]3(O)C(OC2[C@@H]1O)O[C@H](C)C[C@H]3NC(=O)Cc1ccc(OC)cc1. The Morgan fingerprint density at radius 1 is 1.18 bits per heavy atom. The van der Waals surface area contributed by atoms with Crippen molar-refractivity contribution in [1.29, 1.82) is 0 Å². The van der Waals surface area contributed by atoms with Gasteiger partial charge in [-0.3, -0.25) is 4.79 Å². The Labute approximate surface area is 199 Å². The van der Waals surface area contributed by atoms with Crippen LogP contribution in [0.5, 0.6) is 5.75 Å². The number of carbonyl (C=O) groups excluding carboxylic acids is 1. The molecule has 10 nitrogen and oxygen atoms in total. The minimum Gasteiger partial charge on any atom is -0.497 e. The average Bonchev–Trinajstić information content (AvgIpc) is 2.80. The minimum atomic E-state index is -1.99. The number of hydrogen-bond donors (Lipinski definition) is 5. The monoisotopic (exact) mass is 480 g/mol. The van der Waals surface area contributed by atoms with Crippen LogP contribution in [0.1, 0.15) is 32.3 Å². The van der Waals surface area contributed by atoms with E-state index in [0.29, 0.717) is 18.6 Å². The first-order chi connectivity index (χ1) is 16.2. The predicted molar refractivity (Wildman–Crippen MR) is 121 cm³/mol. The predicted octanol–water partition coefficient (Wildman–Crippen LogP) is -0.320. The van der Waals surface area contributed by atoms with E-state index in [-0.39, 0.29) is 18.4 Å². The molecule has 2 heterocycles. The largest absolute Gasteiger partial charge is 0.497 e. The van der Waals surface area contributed by atoms with Gasteiger partial charge in [-0.05, 0) is 44.5 Å². The van der Waals surface area contributed by atoms with E-state index in [1.54, 1.807) is 38.4 Å². The van der Waals surface area contributed by atoms with Crippen molar-refractivity contribution in [3.05, 3.63) is 29.8 Å². The number of amides is 1. The van der Waals surface area contributed by atoms with Crippen molar-refractivity contribution in [2.24, 2.45) is 5.92 Å². The van der Waals surface area contributed by atoms with E-state index in [1.807, 2.05) is 13.8 Å². The summed E-state index contributed by atoms with van der Waals surface area (Å²) in [7, 11) is 3.26. The molecule has 1 saturated carbocycles. The molecule has 5 N–H and O–H groups in total. The van der Waals surface area contributed by atoms with E-state index in [4.69, 9.17) is 18.9 Å². The first kappa shape index (κ1) is 25.3. The van der Waals surface area contributed by atoms with Crippen molar-refractivity contribution < 1.29 is 39.1 Å². The van der Waals surface area contributed by atoms with Crippen LogP contribution in [-0.2, 0) is 25.4 Å². The zero-order valence-corrected chi connectivity index (χ0v) is 20.0. The van der Waals surface area contributed by atoms with Crippen molar-refractivity contribution in [1.82, 2.24) is 10.6 Å². The van der Waals surface area contributed by atoms with Crippen LogP contribution in [-0.4, -0.2) is 90.1 Å². The standard InChI is InChI=1S/C24H36N2O8/c1-5-15-19(28)18(25-3)21-22(20(15)29)33-23-24(30,34-21)16(10-12(2)32-23)26-17(27)11-13-6-8-14(31-4)9-7-13/h6-9,12,15-16,18-23,25,28-30H,5,10-11H2,1-4H3,(H,26,27)/t12-,15-,16-,18+,19+,20-,21?,22?,23?,24+/m1/s1. The molecule has 3 fully saturated rings. The number of nitrogens with one attached hydrogen (secondary N) is 2.